The molecule has 0 aliphatic carbocycles. The molecule has 15 heavy (non-hydrogen) atoms. The summed E-state index contributed by atoms with van der Waals surface area (Å²) >= 11 is 4.49. The third kappa shape index (κ3) is 1.56. The summed E-state index contributed by atoms with van der Waals surface area (Å²) in [6.07, 6.45) is 0. The summed E-state index contributed by atoms with van der Waals surface area (Å²) in [6.45, 7) is 0. The molecular weight excluding hydrogens is 210 g/mol. The second kappa shape index (κ2) is 3.69. The lowest BCUT2D eigenvalue weighted by molar-refractivity contribution is 0.406. The predicted octanol–water partition coefficient (Wildman–Crippen LogP) is 2.99. The van der Waals surface area contributed by atoms with Crippen LogP contribution in [-0.2, 0) is 0 Å². The van der Waals surface area contributed by atoms with Gasteiger partial charge in [0.25, 0.3) is 0 Å². The molecule has 0 fully saturated rings. The van der Waals surface area contributed by atoms with Gasteiger partial charge in [0, 0.05) is 5.39 Å². The highest BCUT2D eigenvalue weighted by molar-refractivity contribution is 7.78. The zero-order valence-corrected chi connectivity index (χ0v) is 8.45. The monoisotopic (exact) mass is 217 g/mol. The summed E-state index contributed by atoms with van der Waals surface area (Å²) in [6, 6.07) is 8.74. The van der Waals surface area contributed by atoms with Crippen LogP contribution in [0.25, 0.3) is 10.8 Å². The molecule has 2 aromatic carbocycles. The summed E-state index contributed by atoms with van der Waals surface area (Å²) in [5.41, 5.74) is 0.251. The van der Waals surface area contributed by atoms with Gasteiger partial charge in [-0.25, -0.2) is 0 Å². The Kier molecular flexibility index (Phi) is 2.37. The molecule has 0 aliphatic rings. The maximum Gasteiger partial charge on any atom is 0.185 e. The van der Waals surface area contributed by atoms with E-state index in [1.807, 2.05) is 18.2 Å². The Labute approximate surface area is 91.3 Å². The number of thiocarbonyl (C=S) groups is 1. The van der Waals surface area contributed by atoms with Gasteiger partial charge in [-0.2, -0.15) is 4.99 Å². The van der Waals surface area contributed by atoms with Crippen LogP contribution in [-0.4, -0.2) is 15.4 Å². The lowest BCUT2D eigenvalue weighted by Crippen LogP contribution is -1.76. The van der Waals surface area contributed by atoms with Crippen LogP contribution in [0.2, 0.25) is 0 Å². The molecule has 0 radical (unpaired) electrons. The van der Waals surface area contributed by atoms with E-state index in [1.165, 1.54) is 6.07 Å². The average molecular weight is 217 g/mol. The molecule has 0 saturated heterocycles. The Balaban J connectivity index is 2.95. The third-order valence-corrected chi connectivity index (χ3v) is 2.22. The molecule has 4 heteroatoms. The topological polar surface area (TPSA) is 52.8 Å². The van der Waals surface area contributed by atoms with Crippen LogP contribution < -0.4 is 0 Å². The first-order valence-electron chi connectivity index (χ1n) is 4.25. The van der Waals surface area contributed by atoms with E-state index in [2.05, 4.69) is 22.4 Å². The first-order valence-corrected chi connectivity index (χ1v) is 4.66. The minimum atomic E-state index is -0.272. The van der Waals surface area contributed by atoms with Crippen molar-refractivity contribution in [2.45, 2.75) is 0 Å². The van der Waals surface area contributed by atoms with E-state index in [0.717, 1.165) is 10.8 Å². The molecule has 74 valence electrons. The second-order valence-electron chi connectivity index (χ2n) is 3.02. The molecule has 0 bridgehead atoms. The van der Waals surface area contributed by atoms with Gasteiger partial charge in [-0.3, -0.25) is 0 Å². The number of phenolic OH excluding ortho intramolecular Hbond substituents is 2. The summed E-state index contributed by atoms with van der Waals surface area (Å²) < 4.78 is 0. The van der Waals surface area contributed by atoms with Crippen molar-refractivity contribution < 1.29 is 10.2 Å². The second-order valence-corrected chi connectivity index (χ2v) is 3.20. The van der Waals surface area contributed by atoms with Crippen molar-refractivity contribution in [3.63, 3.8) is 0 Å². The van der Waals surface area contributed by atoms with E-state index in [0.29, 0.717) is 0 Å². The number of fused-ring (bicyclic) bond motifs is 1. The van der Waals surface area contributed by atoms with Gasteiger partial charge in [-0.05, 0) is 23.7 Å². The zero-order valence-electron chi connectivity index (χ0n) is 7.64. The number of rotatable bonds is 1. The van der Waals surface area contributed by atoms with Crippen LogP contribution in [0.5, 0.6) is 11.5 Å². The standard InChI is InChI=1S/C11H7NO2S/c13-9-5-7-3-1-2-4-8(7)10(11(9)14)12-6-15/h1-5,13-14H. The predicted molar refractivity (Wildman–Crippen MR) is 62.0 cm³/mol. The van der Waals surface area contributed by atoms with Crippen LogP contribution in [0.4, 0.5) is 5.69 Å². The van der Waals surface area contributed by atoms with Crippen LogP contribution in [0.3, 0.4) is 0 Å². The van der Waals surface area contributed by atoms with Crippen LogP contribution >= 0.6 is 12.2 Å². The molecule has 0 heterocycles. The zero-order chi connectivity index (χ0) is 10.8. The van der Waals surface area contributed by atoms with Crippen molar-refractivity contribution in [1.29, 1.82) is 0 Å². The number of hydrogen-bond donors (Lipinski definition) is 2. The maximum atomic E-state index is 9.60. The molecule has 0 spiro atoms. The van der Waals surface area contributed by atoms with Crippen LogP contribution in [0.1, 0.15) is 0 Å². The largest absolute Gasteiger partial charge is 0.504 e. The molecule has 3 nitrogen and oxygen atoms in total. The number of phenols is 2. The highest BCUT2D eigenvalue weighted by atomic mass is 32.1. The molecule has 2 N–H and O–H groups in total. The Hall–Kier alpha value is -1.90. The molecule has 0 saturated carbocycles. The molecule has 0 atom stereocenters. The van der Waals surface area contributed by atoms with Crippen molar-refractivity contribution in [1.82, 2.24) is 0 Å². The van der Waals surface area contributed by atoms with Crippen molar-refractivity contribution in [2.24, 2.45) is 4.99 Å². The van der Waals surface area contributed by atoms with E-state index in [-0.39, 0.29) is 17.2 Å². The number of benzene rings is 2. The fourth-order valence-corrected chi connectivity index (χ4v) is 1.55. The smallest absolute Gasteiger partial charge is 0.185 e. The number of isothiocyanates is 1. The number of aromatic hydroxyl groups is 2. The fraction of sp³-hybridized carbons (Fsp3) is 0. The molecule has 0 aliphatic heterocycles. The van der Waals surface area contributed by atoms with Gasteiger partial charge in [0.15, 0.2) is 11.5 Å². The maximum absolute atomic E-state index is 9.60. The van der Waals surface area contributed by atoms with Gasteiger partial charge in [-0.1, -0.05) is 24.3 Å². The first-order chi connectivity index (χ1) is 7.24. The normalized spacial score (nSPS) is 9.87. The SMILES string of the molecule is Oc1cc2ccccc2c(N=C=S)c1O. The van der Waals surface area contributed by atoms with Crippen molar-refractivity contribution in [2.75, 3.05) is 0 Å². The van der Waals surface area contributed by atoms with Crippen molar-refractivity contribution in [3.05, 3.63) is 30.3 Å². The molecule has 2 rings (SSSR count). The van der Waals surface area contributed by atoms with Crippen molar-refractivity contribution in [3.8, 4) is 11.5 Å². The molecule has 0 amide bonds. The Morgan fingerprint density at radius 2 is 1.93 bits per heavy atom. The van der Waals surface area contributed by atoms with E-state index in [1.54, 1.807) is 6.07 Å². The van der Waals surface area contributed by atoms with Crippen LogP contribution in [0, 0.1) is 0 Å². The van der Waals surface area contributed by atoms with E-state index < -0.39 is 0 Å². The van der Waals surface area contributed by atoms with Gasteiger partial charge in [0.1, 0.15) is 5.69 Å². The summed E-state index contributed by atoms with van der Waals surface area (Å²) in [4.78, 5) is 3.75. The summed E-state index contributed by atoms with van der Waals surface area (Å²) in [7, 11) is 0. The quantitative estimate of drug-likeness (QED) is 0.438. The summed E-state index contributed by atoms with van der Waals surface area (Å²) in [5, 5.41) is 22.7. The van der Waals surface area contributed by atoms with Crippen LogP contribution in [0.15, 0.2) is 35.3 Å². The average Bonchev–Trinajstić information content (AvgIpc) is 2.25. The van der Waals surface area contributed by atoms with Gasteiger partial charge in [-0.15, -0.1) is 0 Å². The lowest BCUT2D eigenvalue weighted by Gasteiger charge is -2.05. The first kappa shape index (κ1) is 9.65. The van der Waals surface area contributed by atoms with E-state index >= 15 is 0 Å². The fourth-order valence-electron chi connectivity index (χ4n) is 1.46. The number of nitrogens with zero attached hydrogens (tertiary/aromatic N) is 1. The minimum absolute atomic E-state index is 0.210. The number of hydrogen-bond acceptors (Lipinski definition) is 4. The highest BCUT2D eigenvalue weighted by Crippen LogP contribution is 2.41. The number of aliphatic imine (C=N–C) groups is 1. The van der Waals surface area contributed by atoms with Gasteiger partial charge >= 0.3 is 0 Å². The lowest BCUT2D eigenvalue weighted by atomic mass is 10.1. The third-order valence-electron chi connectivity index (χ3n) is 2.13. The van der Waals surface area contributed by atoms with E-state index in [9.17, 15) is 10.2 Å². The molecule has 0 unspecified atom stereocenters. The molecular formula is C11H7NO2S. The van der Waals surface area contributed by atoms with Gasteiger partial charge in [0.05, 0.1) is 5.16 Å². The van der Waals surface area contributed by atoms with Crippen molar-refractivity contribution >= 4 is 33.8 Å². The van der Waals surface area contributed by atoms with Gasteiger partial charge in [0.2, 0.25) is 0 Å². The molecule has 2 aromatic rings. The summed E-state index contributed by atoms with van der Waals surface area (Å²) in [5.74, 6) is -0.483. The highest BCUT2D eigenvalue weighted by Gasteiger charge is 2.10. The molecule has 0 aromatic heterocycles. The Bertz CT molecular complexity index is 574. The Morgan fingerprint density at radius 3 is 2.67 bits per heavy atom. The van der Waals surface area contributed by atoms with E-state index in [4.69, 9.17) is 0 Å². The van der Waals surface area contributed by atoms with Gasteiger partial charge < -0.3 is 10.2 Å². The Morgan fingerprint density at radius 1 is 1.20 bits per heavy atom. The minimum Gasteiger partial charge on any atom is -0.504 e.